The second-order valence-corrected chi connectivity index (χ2v) is 6.74. The van der Waals surface area contributed by atoms with Gasteiger partial charge in [-0.15, -0.1) is 11.3 Å². The first-order valence-electron chi connectivity index (χ1n) is 7.82. The Morgan fingerprint density at radius 2 is 2.43 bits per heavy atom. The number of H-pyrrole nitrogens is 1. The fourth-order valence-corrected chi connectivity index (χ4v) is 3.58. The van der Waals surface area contributed by atoms with Crippen molar-refractivity contribution in [3.05, 3.63) is 45.0 Å². The molecule has 3 rings (SSSR count). The minimum atomic E-state index is -0.218. The normalized spacial score (nSPS) is 17.9. The highest BCUT2D eigenvalue weighted by molar-refractivity contribution is 7.09. The van der Waals surface area contributed by atoms with Gasteiger partial charge in [-0.1, -0.05) is 6.07 Å². The van der Waals surface area contributed by atoms with Crippen molar-refractivity contribution in [3.8, 4) is 0 Å². The van der Waals surface area contributed by atoms with Gasteiger partial charge in [-0.3, -0.25) is 9.59 Å². The number of amides is 1. The van der Waals surface area contributed by atoms with Crippen LogP contribution in [0.5, 0.6) is 0 Å². The van der Waals surface area contributed by atoms with Crippen LogP contribution in [-0.2, 0) is 11.2 Å². The Kier molecular flexibility index (Phi) is 5.07. The second-order valence-electron chi connectivity index (χ2n) is 5.71. The monoisotopic (exact) mass is 332 g/mol. The summed E-state index contributed by atoms with van der Waals surface area (Å²) in [6.07, 6.45) is 4.34. The molecule has 0 aromatic carbocycles. The average molecular weight is 332 g/mol. The molecule has 2 aromatic heterocycles. The van der Waals surface area contributed by atoms with E-state index in [9.17, 15) is 9.59 Å². The molecule has 0 aliphatic carbocycles. The van der Waals surface area contributed by atoms with E-state index in [0.29, 0.717) is 13.1 Å². The van der Waals surface area contributed by atoms with Crippen molar-refractivity contribution in [1.82, 2.24) is 15.5 Å². The number of nitrogens with zero attached hydrogens (tertiary/aromatic N) is 2. The van der Waals surface area contributed by atoms with Crippen LogP contribution >= 0.6 is 11.3 Å². The first-order chi connectivity index (χ1) is 11.2. The summed E-state index contributed by atoms with van der Waals surface area (Å²) in [6, 6.07) is 5.64. The van der Waals surface area contributed by atoms with Crippen molar-refractivity contribution >= 4 is 22.9 Å². The molecule has 1 atom stereocenters. The lowest BCUT2D eigenvalue weighted by molar-refractivity contribution is -0.125. The zero-order valence-electron chi connectivity index (χ0n) is 12.8. The summed E-state index contributed by atoms with van der Waals surface area (Å²) in [5, 5.41) is 11.3. The quantitative estimate of drug-likeness (QED) is 0.868. The molecule has 1 fully saturated rings. The van der Waals surface area contributed by atoms with Crippen LogP contribution in [0.15, 0.2) is 34.6 Å². The molecule has 0 spiro atoms. The van der Waals surface area contributed by atoms with E-state index in [-0.39, 0.29) is 17.4 Å². The van der Waals surface area contributed by atoms with Crippen LogP contribution in [0.25, 0.3) is 0 Å². The third-order valence-corrected chi connectivity index (χ3v) is 4.99. The minimum absolute atomic E-state index is 0.0358. The van der Waals surface area contributed by atoms with Crippen LogP contribution in [-0.4, -0.2) is 35.7 Å². The first kappa shape index (κ1) is 15.7. The highest BCUT2D eigenvalue weighted by Gasteiger charge is 2.26. The Balaban J connectivity index is 1.53. The van der Waals surface area contributed by atoms with Crippen molar-refractivity contribution < 1.29 is 4.79 Å². The van der Waals surface area contributed by atoms with Crippen LogP contribution in [0.4, 0.5) is 5.69 Å². The summed E-state index contributed by atoms with van der Waals surface area (Å²) in [5.74, 6) is 0.0652. The summed E-state index contributed by atoms with van der Waals surface area (Å²) < 4.78 is 0. The molecule has 0 bridgehead atoms. The molecule has 0 saturated carbocycles. The number of rotatable bonds is 5. The van der Waals surface area contributed by atoms with Gasteiger partial charge in [0.2, 0.25) is 5.91 Å². The van der Waals surface area contributed by atoms with Crippen molar-refractivity contribution in [1.29, 1.82) is 0 Å². The first-order valence-corrected chi connectivity index (χ1v) is 8.70. The number of anilines is 1. The van der Waals surface area contributed by atoms with E-state index in [1.165, 1.54) is 10.9 Å². The van der Waals surface area contributed by atoms with Gasteiger partial charge in [0.1, 0.15) is 0 Å². The zero-order chi connectivity index (χ0) is 16.1. The number of aromatic amines is 1. The number of carbonyl (C=O) groups excluding carboxylic acids is 1. The average Bonchev–Trinajstić information content (AvgIpc) is 3.08. The number of aromatic nitrogens is 2. The Morgan fingerprint density at radius 1 is 1.52 bits per heavy atom. The molecule has 1 saturated heterocycles. The van der Waals surface area contributed by atoms with E-state index in [0.717, 1.165) is 31.5 Å². The van der Waals surface area contributed by atoms with Gasteiger partial charge in [0.25, 0.3) is 5.56 Å². The summed E-state index contributed by atoms with van der Waals surface area (Å²) in [7, 11) is 0. The van der Waals surface area contributed by atoms with Crippen LogP contribution in [0.1, 0.15) is 17.7 Å². The molecule has 1 aliphatic heterocycles. The van der Waals surface area contributed by atoms with Gasteiger partial charge in [-0.25, -0.2) is 5.10 Å². The van der Waals surface area contributed by atoms with E-state index in [4.69, 9.17) is 0 Å². The Morgan fingerprint density at radius 3 is 3.22 bits per heavy atom. The molecular weight excluding hydrogens is 312 g/mol. The number of piperidine rings is 1. The SMILES string of the molecule is O=C(NCCc1cccs1)C1CCCN(c2cn[nH]c(=O)c2)C1. The molecule has 3 heterocycles. The predicted molar refractivity (Wildman–Crippen MR) is 90.8 cm³/mol. The maximum atomic E-state index is 12.4. The molecule has 2 N–H and O–H groups in total. The lowest BCUT2D eigenvalue weighted by Crippen LogP contribution is -2.43. The van der Waals surface area contributed by atoms with Gasteiger partial charge in [-0.05, 0) is 30.7 Å². The Bertz CT molecular complexity index is 698. The van der Waals surface area contributed by atoms with Gasteiger partial charge in [0.05, 0.1) is 17.8 Å². The number of hydrogen-bond donors (Lipinski definition) is 2. The number of carbonyl (C=O) groups is 1. The summed E-state index contributed by atoms with van der Waals surface area (Å²) >= 11 is 1.71. The maximum absolute atomic E-state index is 12.4. The highest BCUT2D eigenvalue weighted by Crippen LogP contribution is 2.21. The molecular formula is C16H20N4O2S. The number of hydrogen-bond acceptors (Lipinski definition) is 5. The third kappa shape index (κ3) is 4.19. The summed E-state index contributed by atoms with van der Waals surface area (Å²) in [5.41, 5.74) is 0.565. The van der Waals surface area contributed by atoms with E-state index >= 15 is 0 Å². The molecule has 1 amide bonds. The van der Waals surface area contributed by atoms with Crippen molar-refractivity contribution in [2.75, 3.05) is 24.5 Å². The van der Waals surface area contributed by atoms with E-state index in [1.54, 1.807) is 17.5 Å². The smallest absolute Gasteiger partial charge is 0.266 e. The fourth-order valence-electron chi connectivity index (χ4n) is 2.87. The predicted octanol–water partition coefficient (Wildman–Crippen LogP) is 1.41. The standard InChI is InChI=1S/C16H20N4O2S/c21-15-9-13(10-18-19-15)20-7-1-3-12(11-20)16(22)17-6-5-14-4-2-8-23-14/h2,4,8-10,12H,1,3,5-7,11H2,(H,17,22)(H,19,21). The lowest BCUT2D eigenvalue weighted by Gasteiger charge is -2.33. The second kappa shape index (κ2) is 7.41. The van der Waals surface area contributed by atoms with Crippen LogP contribution in [0.2, 0.25) is 0 Å². The Labute approximate surface area is 138 Å². The highest BCUT2D eigenvalue weighted by atomic mass is 32.1. The molecule has 23 heavy (non-hydrogen) atoms. The summed E-state index contributed by atoms with van der Waals surface area (Å²) in [4.78, 5) is 27.1. The molecule has 122 valence electrons. The van der Waals surface area contributed by atoms with E-state index in [2.05, 4.69) is 26.5 Å². The number of nitrogens with one attached hydrogen (secondary N) is 2. The van der Waals surface area contributed by atoms with Gasteiger partial charge >= 0.3 is 0 Å². The molecule has 6 nitrogen and oxygen atoms in total. The maximum Gasteiger partial charge on any atom is 0.266 e. The van der Waals surface area contributed by atoms with Crippen LogP contribution in [0, 0.1) is 5.92 Å². The lowest BCUT2D eigenvalue weighted by atomic mass is 9.97. The van der Waals surface area contributed by atoms with Crippen molar-refractivity contribution in [3.63, 3.8) is 0 Å². The third-order valence-electron chi connectivity index (χ3n) is 4.06. The molecule has 1 aliphatic rings. The van der Waals surface area contributed by atoms with E-state index in [1.807, 2.05) is 11.4 Å². The topological polar surface area (TPSA) is 78.1 Å². The summed E-state index contributed by atoms with van der Waals surface area (Å²) in [6.45, 7) is 2.16. The largest absolute Gasteiger partial charge is 0.369 e. The van der Waals surface area contributed by atoms with Crippen LogP contribution in [0.3, 0.4) is 0 Å². The number of thiophene rings is 1. The van der Waals surface area contributed by atoms with Crippen molar-refractivity contribution in [2.24, 2.45) is 5.92 Å². The van der Waals surface area contributed by atoms with E-state index < -0.39 is 0 Å². The van der Waals surface area contributed by atoms with Crippen molar-refractivity contribution in [2.45, 2.75) is 19.3 Å². The molecule has 1 unspecified atom stereocenters. The van der Waals surface area contributed by atoms with Crippen LogP contribution < -0.4 is 15.8 Å². The van der Waals surface area contributed by atoms with Gasteiger partial charge < -0.3 is 10.2 Å². The fraction of sp³-hybridized carbons (Fsp3) is 0.438. The Hall–Kier alpha value is -2.15. The minimum Gasteiger partial charge on any atom is -0.369 e. The molecule has 2 aromatic rings. The van der Waals surface area contributed by atoms with Gasteiger partial charge in [-0.2, -0.15) is 5.10 Å². The van der Waals surface area contributed by atoms with Gasteiger partial charge in [0.15, 0.2) is 0 Å². The van der Waals surface area contributed by atoms with Gasteiger partial charge in [0, 0.05) is 30.6 Å². The molecule has 0 radical (unpaired) electrons. The zero-order valence-corrected chi connectivity index (χ0v) is 13.6. The molecule has 7 heteroatoms.